The molecule has 29 heavy (non-hydrogen) atoms. The Hall–Kier alpha value is -2.67. The standard InChI is InChI=1S/C25H28FNO2/c1-2-3-4-5-18-12-14-25(15-13-18,24(28)29)22-10-8-19(9-11-22)20-6-7-21(17-27)23(26)16-20/h6-11,16,18H,2-5,12-15H2,1H3,(H,28,29). The largest absolute Gasteiger partial charge is 0.481 e. The number of nitrogens with zero attached hydrogens (tertiary/aromatic N) is 1. The number of hydrogen-bond acceptors (Lipinski definition) is 2. The van der Waals surface area contributed by atoms with Gasteiger partial charge in [-0.25, -0.2) is 4.39 Å². The molecule has 0 heterocycles. The number of nitriles is 1. The van der Waals surface area contributed by atoms with Crippen LogP contribution in [-0.4, -0.2) is 11.1 Å². The number of aliphatic carboxylic acids is 1. The Kier molecular flexibility index (Phi) is 6.69. The van der Waals surface area contributed by atoms with Gasteiger partial charge in [-0.15, -0.1) is 0 Å². The van der Waals surface area contributed by atoms with Gasteiger partial charge in [0.2, 0.25) is 0 Å². The topological polar surface area (TPSA) is 61.1 Å². The zero-order valence-electron chi connectivity index (χ0n) is 17.0. The molecule has 0 saturated heterocycles. The number of halogens is 1. The number of benzene rings is 2. The van der Waals surface area contributed by atoms with Crippen LogP contribution in [0.15, 0.2) is 42.5 Å². The lowest BCUT2D eigenvalue weighted by atomic mass is 9.66. The predicted octanol–water partition coefficient (Wildman–Crippen LogP) is 6.46. The van der Waals surface area contributed by atoms with Crippen molar-refractivity contribution in [3.05, 3.63) is 59.4 Å². The van der Waals surface area contributed by atoms with E-state index in [1.165, 1.54) is 37.8 Å². The minimum atomic E-state index is -0.824. The van der Waals surface area contributed by atoms with Crippen molar-refractivity contribution in [2.24, 2.45) is 5.92 Å². The minimum absolute atomic E-state index is 0.0193. The fraction of sp³-hybridized carbons (Fsp3) is 0.440. The SMILES string of the molecule is CCCCCC1CCC(C(=O)O)(c2ccc(-c3ccc(C#N)c(F)c3)cc2)CC1. The number of carboxylic acid groups (broad SMARTS) is 1. The van der Waals surface area contributed by atoms with Gasteiger partial charge in [-0.05, 0) is 60.4 Å². The molecule has 0 bridgehead atoms. The second-order valence-electron chi connectivity index (χ2n) is 8.21. The zero-order valence-corrected chi connectivity index (χ0v) is 17.0. The molecular weight excluding hydrogens is 365 g/mol. The number of hydrogen-bond donors (Lipinski definition) is 1. The highest BCUT2D eigenvalue weighted by Crippen LogP contribution is 2.43. The van der Waals surface area contributed by atoms with E-state index in [1.807, 2.05) is 30.3 Å². The highest BCUT2D eigenvalue weighted by molar-refractivity contribution is 5.82. The summed E-state index contributed by atoms with van der Waals surface area (Å²) >= 11 is 0. The van der Waals surface area contributed by atoms with E-state index < -0.39 is 17.2 Å². The van der Waals surface area contributed by atoms with E-state index in [0.717, 1.165) is 24.0 Å². The van der Waals surface area contributed by atoms with Crippen LogP contribution in [0.3, 0.4) is 0 Å². The van der Waals surface area contributed by atoms with E-state index in [1.54, 1.807) is 6.07 Å². The Morgan fingerprint density at radius 1 is 1.14 bits per heavy atom. The maximum absolute atomic E-state index is 13.9. The van der Waals surface area contributed by atoms with Crippen LogP contribution in [0, 0.1) is 23.1 Å². The first kappa shape index (κ1) is 21.0. The van der Waals surface area contributed by atoms with Gasteiger partial charge in [0.25, 0.3) is 0 Å². The molecule has 0 unspecified atom stereocenters. The average Bonchev–Trinajstić information content (AvgIpc) is 2.74. The Morgan fingerprint density at radius 3 is 2.34 bits per heavy atom. The van der Waals surface area contributed by atoms with E-state index in [2.05, 4.69) is 6.92 Å². The molecule has 3 nitrogen and oxygen atoms in total. The van der Waals surface area contributed by atoms with E-state index in [0.29, 0.717) is 24.3 Å². The lowest BCUT2D eigenvalue weighted by Crippen LogP contribution is -2.39. The predicted molar refractivity (Wildman–Crippen MR) is 112 cm³/mol. The summed E-state index contributed by atoms with van der Waals surface area (Å²) in [5, 5.41) is 18.9. The van der Waals surface area contributed by atoms with Gasteiger partial charge in [0, 0.05) is 0 Å². The van der Waals surface area contributed by atoms with Gasteiger partial charge in [0.15, 0.2) is 0 Å². The van der Waals surface area contributed by atoms with E-state index >= 15 is 0 Å². The molecule has 0 amide bonds. The first-order valence-corrected chi connectivity index (χ1v) is 10.5. The molecule has 0 radical (unpaired) electrons. The summed E-state index contributed by atoms with van der Waals surface area (Å²) in [5.41, 5.74) is 1.51. The lowest BCUT2D eigenvalue weighted by molar-refractivity contribution is -0.145. The molecule has 0 aliphatic heterocycles. The van der Waals surface area contributed by atoms with Gasteiger partial charge in [0.05, 0.1) is 11.0 Å². The summed E-state index contributed by atoms with van der Waals surface area (Å²) in [6.45, 7) is 2.20. The fourth-order valence-corrected chi connectivity index (χ4v) is 4.54. The average molecular weight is 394 g/mol. The number of carbonyl (C=O) groups is 1. The van der Waals surface area contributed by atoms with Crippen LogP contribution in [0.25, 0.3) is 11.1 Å². The maximum Gasteiger partial charge on any atom is 0.314 e. The van der Waals surface area contributed by atoms with Crippen LogP contribution >= 0.6 is 0 Å². The minimum Gasteiger partial charge on any atom is -0.481 e. The van der Waals surface area contributed by atoms with Crippen molar-refractivity contribution >= 4 is 5.97 Å². The highest BCUT2D eigenvalue weighted by atomic mass is 19.1. The van der Waals surface area contributed by atoms with Gasteiger partial charge in [-0.1, -0.05) is 62.9 Å². The van der Waals surface area contributed by atoms with Crippen molar-refractivity contribution in [2.75, 3.05) is 0 Å². The summed E-state index contributed by atoms with van der Waals surface area (Å²) in [6.07, 6.45) is 8.15. The number of carboxylic acids is 1. The van der Waals surface area contributed by atoms with Gasteiger partial charge in [-0.3, -0.25) is 4.79 Å². The lowest BCUT2D eigenvalue weighted by Gasteiger charge is -2.37. The molecule has 1 aliphatic carbocycles. The quantitative estimate of drug-likeness (QED) is 0.549. The summed E-state index contributed by atoms with van der Waals surface area (Å²) in [7, 11) is 0. The third-order valence-corrected chi connectivity index (χ3v) is 6.44. The van der Waals surface area contributed by atoms with Gasteiger partial charge >= 0.3 is 5.97 Å². The fourth-order valence-electron chi connectivity index (χ4n) is 4.54. The van der Waals surface area contributed by atoms with E-state index in [-0.39, 0.29) is 5.56 Å². The Bertz CT molecular complexity index is 890. The van der Waals surface area contributed by atoms with Crippen LogP contribution in [0.2, 0.25) is 0 Å². The summed E-state index contributed by atoms with van der Waals surface area (Å²) in [5.74, 6) is -0.658. The molecular formula is C25H28FNO2. The number of rotatable bonds is 7. The van der Waals surface area contributed by atoms with Crippen LogP contribution in [0.1, 0.15) is 69.4 Å². The van der Waals surface area contributed by atoms with Crippen molar-refractivity contribution in [2.45, 2.75) is 63.7 Å². The molecule has 1 fully saturated rings. The maximum atomic E-state index is 13.9. The summed E-state index contributed by atoms with van der Waals surface area (Å²) < 4.78 is 13.9. The number of unbranched alkanes of at least 4 members (excludes halogenated alkanes) is 2. The molecule has 3 rings (SSSR count). The highest BCUT2D eigenvalue weighted by Gasteiger charge is 2.43. The molecule has 0 spiro atoms. The second-order valence-corrected chi connectivity index (χ2v) is 8.21. The summed E-state index contributed by atoms with van der Waals surface area (Å²) in [4.78, 5) is 12.2. The molecule has 1 N–H and O–H groups in total. The first-order valence-electron chi connectivity index (χ1n) is 10.5. The molecule has 4 heteroatoms. The van der Waals surface area contributed by atoms with Crippen LogP contribution in [0.5, 0.6) is 0 Å². The Balaban J connectivity index is 1.77. The van der Waals surface area contributed by atoms with Crippen molar-refractivity contribution in [3.8, 4) is 17.2 Å². The van der Waals surface area contributed by atoms with Gasteiger partial charge in [0.1, 0.15) is 11.9 Å². The third kappa shape index (κ3) is 4.50. The van der Waals surface area contributed by atoms with Crippen molar-refractivity contribution in [1.29, 1.82) is 5.26 Å². The van der Waals surface area contributed by atoms with E-state index in [4.69, 9.17) is 5.26 Å². The smallest absolute Gasteiger partial charge is 0.314 e. The van der Waals surface area contributed by atoms with Crippen LogP contribution in [0.4, 0.5) is 4.39 Å². The second kappa shape index (κ2) is 9.22. The van der Waals surface area contributed by atoms with E-state index in [9.17, 15) is 14.3 Å². The Morgan fingerprint density at radius 2 is 1.79 bits per heavy atom. The van der Waals surface area contributed by atoms with Crippen LogP contribution < -0.4 is 0 Å². The van der Waals surface area contributed by atoms with Crippen molar-refractivity contribution in [3.63, 3.8) is 0 Å². The third-order valence-electron chi connectivity index (χ3n) is 6.44. The normalized spacial score (nSPS) is 21.5. The Labute approximate surface area is 172 Å². The van der Waals surface area contributed by atoms with Gasteiger partial charge in [-0.2, -0.15) is 5.26 Å². The molecule has 1 saturated carbocycles. The molecule has 0 atom stereocenters. The molecule has 2 aromatic carbocycles. The van der Waals surface area contributed by atoms with Crippen molar-refractivity contribution in [1.82, 2.24) is 0 Å². The monoisotopic (exact) mass is 393 g/mol. The molecule has 2 aromatic rings. The molecule has 0 aromatic heterocycles. The van der Waals surface area contributed by atoms with Gasteiger partial charge < -0.3 is 5.11 Å². The van der Waals surface area contributed by atoms with Crippen LogP contribution in [-0.2, 0) is 10.2 Å². The first-order chi connectivity index (χ1) is 14.0. The molecule has 152 valence electrons. The van der Waals surface area contributed by atoms with Crippen molar-refractivity contribution < 1.29 is 14.3 Å². The zero-order chi connectivity index (χ0) is 20.9. The molecule has 1 aliphatic rings. The summed E-state index contributed by atoms with van der Waals surface area (Å²) in [6, 6.07) is 13.8.